The van der Waals surface area contributed by atoms with Crippen molar-refractivity contribution in [2.45, 2.75) is 52.4 Å². The summed E-state index contributed by atoms with van der Waals surface area (Å²) >= 11 is 0. The van der Waals surface area contributed by atoms with E-state index in [4.69, 9.17) is 0 Å². The van der Waals surface area contributed by atoms with Gasteiger partial charge in [0.1, 0.15) is 11.6 Å². The Morgan fingerprint density at radius 1 is 1.20 bits per heavy atom. The Balaban J connectivity index is 0.00000400. The first-order chi connectivity index (χ1) is 9.51. The van der Waals surface area contributed by atoms with Gasteiger partial charge >= 0.3 is 0 Å². The topological polar surface area (TPSA) is 46.2 Å². The second-order valence-electron chi connectivity index (χ2n) is 4.98. The smallest absolute Gasteiger partial charge is 0.221 e. The number of benzene rings is 1. The number of nitrogens with one attached hydrogen (secondary N) is 1. The van der Waals surface area contributed by atoms with Crippen LogP contribution in [0, 0.1) is 5.82 Å². The van der Waals surface area contributed by atoms with E-state index in [1.165, 1.54) is 19.1 Å². The zero-order chi connectivity index (χ0) is 15.0. The molecule has 0 unspecified atom stereocenters. The maximum atomic E-state index is 13.4. The fourth-order valence-electron chi connectivity index (χ4n) is 2.08. The van der Waals surface area contributed by atoms with Crippen molar-refractivity contribution >= 4 is 17.4 Å². The molecule has 20 heavy (non-hydrogen) atoms. The number of hydrogen-bond donors (Lipinski definition) is 1. The zero-order valence-electron chi connectivity index (χ0n) is 12.2. The molecular weight excluding hydrogens is 257 g/mol. The minimum absolute atomic E-state index is 0. The Hall–Kier alpha value is -1.71. The molecule has 0 bridgehead atoms. The van der Waals surface area contributed by atoms with Gasteiger partial charge in [-0.25, -0.2) is 4.39 Å². The molecule has 0 heterocycles. The minimum Gasteiger partial charge on any atom is -0.326 e. The van der Waals surface area contributed by atoms with Gasteiger partial charge in [0.25, 0.3) is 0 Å². The predicted octanol–water partition coefficient (Wildman–Crippen LogP) is 4.11. The molecule has 1 aromatic carbocycles. The minimum atomic E-state index is -0.340. The van der Waals surface area contributed by atoms with Crippen LogP contribution in [0.25, 0.3) is 0 Å². The number of ketones is 1. The zero-order valence-corrected chi connectivity index (χ0v) is 12.2. The van der Waals surface area contributed by atoms with Crippen molar-refractivity contribution in [2.75, 3.05) is 5.32 Å². The molecule has 1 amide bonds. The van der Waals surface area contributed by atoms with Gasteiger partial charge in [0.05, 0.1) is 0 Å². The molecule has 0 aromatic heterocycles. The molecule has 0 atom stereocenters. The monoisotopic (exact) mass is 281 g/mol. The molecule has 0 aliphatic heterocycles. The van der Waals surface area contributed by atoms with E-state index < -0.39 is 0 Å². The van der Waals surface area contributed by atoms with Gasteiger partial charge in [0.2, 0.25) is 5.91 Å². The summed E-state index contributed by atoms with van der Waals surface area (Å²) < 4.78 is 13.4. The molecule has 3 nitrogen and oxygen atoms in total. The molecule has 1 N–H and O–H groups in total. The van der Waals surface area contributed by atoms with Crippen LogP contribution in [0.5, 0.6) is 0 Å². The summed E-state index contributed by atoms with van der Waals surface area (Å²) in [5.41, 5.74) is 1.37. The molecule has 0 aliphatic rings. The van der Waals surface area contributed by atoms with Crippen molar-refractivity contribution in [3.8, 4) is 0 Å². The van der Waals surface area contributed by atoms with Crippen molar-refractivity contribution in [3.63, 3.8) is 0 Å². The summed E-state index contributed by atoms with van der Waals surface area (Å²) in [6.45, 7) is 3.27. The summed E-state index contributed by atoms with van der Waals surface area (Å²) in [7, 11) is 0. The van der Waals surface area contributed by atoms with Crippen LogP contribution in [0.4, 0.5) is 10.1 Å². The van der Waals surface area contributed by atoms with Crippen LogP contribution < -0.4 is 5.32 Å². The van der Waals surface area contributed by atoms with Gasteiger partial charge in [-0.15, -0.1) is 0 Å². The first-order valence-electron chi connectivity index (χ1n) is 7.10. The quantitative estimate of drug-likeness (QED) is 0.729. The van der Waals surface area contributed by atoms with Gasteiger partial charge in [0, 0.05) is 26.9 Å². The third kappa shape index (κ3) is 6.45. The van der Waals surface area contributed by atoms with E-state index in [1.807, 2.05) is 6.92 Å². The number of carbonyl (C=O) groups excluding carboxylic acids is 2. The summed E-state index contributed by atoms with van der Waals surface area (Å²) in [5.74, 6) is -0.254. The average molecular weight is 281 g/mol. The highest BCUT2D eigenvalue weighted by atomic mass is 19.1. The number of unbranched alkanes of at least 4 members (excludes halogenated alkanes) is 2. The van der Waals surface area contributed by atoms with Crippen molar-refractivity contribution in [1.82, 2.24) is 0 Å². The van der Waals surface area contributed by atoms with Crippen molar-refractivity contribution in [3.05, 3.63) is 29.6 Å². The Morgan fingerprint density at radius 3 is 2.60 bits per heavy atom. The Morgan fingerprint density at radius 2 is 1.95 bits per heavy atom. The molecule has 4 heteroatoms. The van der Waals surface area contributed by atoms with Gasteiger partial charge in [-0.1, -0.05) is 13.3 Å². The third-order valence-electron chi connectivity index (χ3n) is 3.09. The molecule has 1 aromatic rings. The number of anilines is 1. The molecule has 0 saturated heterocycles. The van der Waals surface area contributed by atoms with Crippen LogP contribution in [-0.2, 0) is 16.0 Å². The van der Waals surface area contributed by atoms with E-state index in [1.54, 1.807) is 6.07 Å². The Bertz CT molecular complexity index is 477. The lowest BCUT2D eigenvalue weighted by molar-refractivity contribution is -0.119. The van der Waals surface area contributed by atoms with Gasteiger partial charge in [-0.2, -0.15) is 0 Å². The molecule has 0 aliphatic carbocycles. The predicted molar refractivity (Wildman–Crippen MR) is 80.3 cm³/mol. The van der Waals surface area contributed by atoms with Gasteiger partial charge < -0.3 is 5.32 Å². The lowest BCUT2D eigenvalue weighted by Crippen LogP contribution is -2.06. The van der Waals surface area contributed by atoms with Crippen LogP contribution in [0.2, 0.25) is 0 Å². The number of halogens is 1. The van der Waals surface area contributed by atoms with E-state index in [9.17, 15) is 14.0 Å². The lowest BCUT2D eigenvalue weighted by atomic mass is 10.0. The molecule has 0 fully saturated rings. The first-order valence-corrected chi connectivity index (χ1v) is 7.10. The van der Waals surface area contributed by atoms with Crippen molar-refractivity contribution in [1.29, 1.82) is 0 Å². The molecule has 112 valence electrons. The SMILES string of the molecule is CCC(=O)CCCCCc1cc(F)cc(NC(C)=O)c1.[HH]. The summed E-state index contributed by atoms with van der Waals surface area (Å²) in [6, 6.07) is 4.59. The van der Waals surface area contributed by atoms with Crippen molar-refractivity contribution < 1.29 is 15.4 Å². The summed E-state index contributed by atoms with van der Waals surface area (Å²) in [4.78, 5) is 22.1. The maximum Gasteiger partial charge on any atom is 0.221 e. The van der Waals surface area contributed by atoms with Crippen LogP contribution in [0.15, 0.2) is 18.2 Å². The van der Waals surface area contributed by atoms with Gasteiger partial charge in [0.15, 0.2) is 0 Å². The highest BCUT2D eigenvalue weighted by Crippen LogP contribution is 2.16. The van der Waals surface area contributed by atoms with Crippen LogP contribution in [-0.4, -0.2) is 11.7 Å². The maximum absolute atomic E-state index is 13.4. The normalized spacial score (nSPS) is 10.3. The third-order valence-corrected chi connectivity index (χ3v) is 3.09. The van der Waals surface area contributed by atoms with E-state index in [0.717, 1.165) is 31.2 Å². The van der Waals surface area contributed by atoms with E-state index in [-0.39, 0.29) is 13.2 Å². The van der Waals surface area contributed by atoms with Crippen LogP contribution in [0.3, 0.4) is 0 Å². The fourth-order valence-corrected chi connectivity index (χ4v) is 2.08. The second-order valence-corrected chi connectivity index (χ2v) is 4.98. The highest BCUT2D eigenvalue weighted by Gasteiger charge is 2.03. The number of aryl methyl sites for hydroxylation is 1. The van der Waals surface area contributed by atoms with E-state index >= 15 is 0 Å². The Labute approximate surface area is 121 Å². The summed E-state index contributed by atoms with van der Waals surface area (Å²) in [5, 5.41) is 2.59. The molecule has 0 radical (unpaired) electrons. The molecule has 1 rings (SSSR count). The molecule has 0 spiro atoms. The lowest BCUT2D eigenvalue weighted by Gasteiger charge is -2.07. The van der Waals surface area contributed by atoms with Crippen LogP contribution >= 0.6 is 0 Å². The first kappa shape index (κ1) is 16.3. The molecular formula is C16H24FNO2. The van der Waals surface area contributed by atoms with Crippen LogP contribution in [0.1, 0.15) is 52.9 Å². The van der Waals surface area contributed by atoms with Gasteiger partial charge in [-0.3, -0.25) is 9.59 Å². The summed E-state index contributed by atoms with van der Waals surface area (Å²) in [6.07, 6.45) is 4.75. The second kappa shape index (κ2) is 8.46. The number of carbonyl (C=O) groups is 2. The number of Topliss-reactive ketones (excluding diaryl/α,β-unsaturated/α-hetero) is 1. The molecule has 0 saturated carbocycles. The number of amides is 1. The fraction of sp³-hybridized carbons (Fsp3) is 0.500. The average Bonchev–Trinajstić information content (AvgIpc) is 2.36. The Kier molecular flexibility index (Phi) is 6.91. The van der Waals surface area contributed by atoms with E-state index in [0.29, 0.717) is 24.3 Å². The van der Waals surface area contributed by atoms with E-state index in [2.05, 4.69) is 5.32 Å². The standard InChI is InChI=1S/C16H22FNO2.H2/c1-3-16(20)8-6-4-5-7-13-9-14(17)11-15(10-13)18-12(2)19;/h9-11H,3-8H2,1-2H3,(H,18,19);1H. The largest absolute Gasteiger partial charge is 0.326 e. The van der Waals surface area contributed by atoms with Gasteiger partial charge in [-0.05, 0) is 43.0 Å². The highest BCUT2D eigenvalue weighted by molar-refractivity contribution is 5.88. The number of hydrogen-bond acceptors (Lipinski definition) is 2. The number of rotatable bonds is 8. The van der Waals surface area contributed by atoms with Crippen molar-refractivity contribution in [2.24, 2.45) is 0 Å².